The van der Waals surface area contributed by atoms with Crippen LogP contribution in [0.4, 0.5) is 0 Å². The van der Waals surface area contributed by atoms with Crippen molar-refractivity contribution in [1.29, 1.82) is 0 Å². The number of halogens is 2. The fraction of sp³-hybridized carbons (Fsp3) is 0.263. The summed E-state index contributed by atoms with van der Waals surface area (Å²) in [7, 11) is 2.07. The van der Waals surface area contributed by atoms with Crippen molar-refractivity contribution in [2.75, 3.05) is 0 Å². The van der Waals surface area contributed by atoms with Crippen molar-refractivity contribution in [2.45, 2.75) is 16.6 Å². The summed E-state index contributed by atoms with van der Waals surface area (Å²) in [4.78, 5) is 12.2. The first-order valence-electron chi connectivity index (χ1n) is 8.02. The molecule has 0 saturated heterocycles. The quantitative estimate of drug-likeness (QED) is 0.343. The minimum absolute atomic E-state index is 0.0938. The lowest BCUT2D eigenvalue weighted by atomic mass is 10.1. The third-order valence-electron chi connectivity index (χ3n) is 5.08. The van der Waals surface area contributed by atoms with Gasteiger partial charge in [-0.3, -0.25) is 4.79 Å². The number of aryl methyl sites for hydroxylation is 1. The molecule has 3 aromatic rings. The van der Waals surface area contributed by atoms with Gasteiger partial charge in [-0.05, 0) is 37.1 Å². The van der Waals surface area contributed by atoms with Gasteiger partial charge in [-0.15, -0.1) is 0 Å². The number of fused-ring (bicyclic) bond motifs is 3. The van der Waals surface area contributed by atoms with Crippen molar-refractivity contribution in [1.82, 2.24) is 9.99 Å². The van der Waals surface area contributed by atoms with Crippen LogP contribution in [-0.2, 0) is 11.8 Å². The second-order valence-corrected chi connectivity index (χ2v) is 10.5. The molecule has 1 N–H and O–H groups in total. The number of hydrogen-bond donors (Lipinski definition) is 1. The van der Waals surface area contributed by atoms with E-state index in [4.69, 9.17) is 0 Å². The summed E-state index contributed by atoms with van der Waals surface area (Å²) in [5.41, 5.74) is 5.51. The van der Waals surface area contributed by atoms with Crippen LogP contribution in [0.3, 0.4) is 0 Å². The molecule has 25 heavy (non-hydrogen) atoms. The number of nitrogens with zero attached hydrogens (tertiary/aromatic N) is 2. The molecule has 1 fully saturated rings. The second kappa shape index (κ2) is 5.68. The van der Waals surface area contributed by atoms with Crippen molar-refractivity contribution in [2.24, 2.45) is 17.6 Å². The zero-order valence-corrected chi connectivity index (χ0v) is 17.1. The number of carbonyl (C=O) groups excluding carboxylic acids is 1. The minimum Gasteiger partial charge on any atom is -0.344 e. The molecule has 4 rings (SSSR count). The molecule has 0 aliphatic heterocycles. The Balaban J connectivity index is 1.60. The van der Waals surface area contributed by atoms with E-state index >= 15 is 0 Å². The average molecular weight is 463 g/mol. The van der Waals surface area contributed by atoms with Gasteiger partial charge in [0.25, 0.3) is 0 Å². The number of para-hydroxylation sites is 1. The topological polar surface area (TPSA) is 46.4 Å². The van der Waals surface area contributed by atoms with Crippen LogP contribution in [0.15, 0.2) is 47.6 Å². The smallest absolute Gasteiger partial charge is 0.248 e. The Kier molecular flexibility index (Phi) is 3.81. The van der Waals surface area contributed by atoms with Crippen molar-refractivity contribution < 1.29 is 4.79 Å². The number of hydrazone groups is 1. The zero-order valence-electron chi connectivity index (χ0n) is 13.9. The van der Waals surface area contributed by atoms with E-state index in [1.54, 1.807) is 6.21 Å². The Labute approximate surface area is 162 Å². The molecule has 1 heterocycles. The molecule has 6 heteroatoms. The van der Waals surface area contributed by atoms with E-state index in [0.717, 1.165) is 12.0 Å². The first kappa shape index (κ1) is 16.8. The predicted octanol–water partition coefficient (Wildman–Crippen LogP) is 4.68. The fourth-order valence-corrected chi connectivity index (χ4v) is 4.68. The molecule has 1 saturated carbocycles. The first-order chi connectivity index (χ1) is 11.8. The van der Waals surface area contributed by atoms with Crippen LogP contribution in [0.5, 0.6) is 0 Å². The third kappa shape index (κ3) is 2.62. The Hall–Kier alpha value is -1.66. The summed E-state index contributed by atoms with van der Waals surface area (Å²) in [5.74, 6) is -0.0938. The van der Waals surface area contributed by atoms with Crippen LogP contribution in [0, 0.1) is 5.41 Å². The maximum absolute atomic E-state index is 12.2. The molecule has 1 atom stereocenters. The summed E-state index contributed by atoms with van der Waals surface area (Å²) in [6.07, 6.45) is 2.43. The summed E-state index contributed by atoms with van der Waals surface area (Å²) in [6.45, 7) is 1.91. The van der Waals surface area contributed by atoms with E-state index in [-0.39, 0.29) is 9.14 Å². The largest absolute Gasteiger partial charge is 0.344 e. The van der Waals surface area contributed by atoms with E-state index in [1.165, 1.54) is 21.8 Å². The van der Waals surface area contributed by atoms with Gasteiger partial charge < -0.3 is 4.57 Å². The fourth-order valence-electron chi connectivity index (χ4n) is 3.20. The van der Waals surface area contributed by atoms with Gasteiger partial charge >= 0.3 is 0 Å². The lowest BCUT2D eigenvalue weighted by Crippen LogP contribution is -2.29. The number of aromatic nitrogens is 1. The number of nitrogens with one attached hydrogen (secondary N) is 1. The van der Waals surface area contributed by atoms with E-state index < -0.39 is 5.41 Å². The number of amides is 1. The molecular formula is C19H17Br2N3O. The summed E-state index contributed by atoms with van der Waals surface area (Å²) < 4.78 is 1.88. The molecule has 0 bridgehead atoms. The summed E-state index contributed by atoms with van der Waals surface area (Å²) in [5, 5.41) is 6.53. The highest BCUT2D eigenvalue weighted by Gasteiger charge is 2.66. The van der Waals surface area contributed by atoms with Crippen LogP contribution < -0.4 is 5.43 Å². The van der Waals surface area contributed by atoms with Gasteiger partial charge in [-0.25, -0.2) is 5.43 Å². The highest BCUT2D eigenvalue weighted by molar-refractivity contribution is 9.25. The van der Waals surface area contributed by atoms with Gasteiger partial charge in [-0.1, -0.05) is 56.1 Å². The van der Waals surface area contributed by atoms with E-state index in [0.29, 0.717) is 0 Å². The highest BCUT2D eigenvalue weighted by atomic mass is 79.9. The molecule has 1 aliphatic carbocycles. The van der Waals surface area contributed by atoms with Crippen molar-refractivity contribution in [3.63, 3.8) is 0 Å². The maximum Gasteiger partial charge on any atom is 0.248 e. The van der Waals surface area contributed by atoms with Gasteiger partial charge in [0.2, 0.25) is 5.91 Å². The number of carbonyl (C=O) groups is 1. The molecule has 0 radical (unpaired) electrons. The zero-order chi connectivity index (χ0) is 17.8. The van der Waals surface area contributed by atoms with Gasteiger partial charge in [0, 0.05) is 28.9 Å². The molecule has 4 nitrogen and oxygen atoms in total. The molecule has 1 unspecified atom stereocenters. The third-order valence-corrected chi connectivity index (χ3v) is 7.39. The second-order valence-electron chi connectivity index (χ2n) is 6.77. The minimum atomic E-state index is -0.468. The number of alkyl halides is 2. The standard InChI is InChI=1S/C19H17Br2N3O/c1-18(11-19(18,20)21)17(25)23-22-10-12-7-8-16-14(9-12)13-5-3-4-6-15(13)24(16)2/h3-10H,11H2,1-2H3,(H,23,25)/b22-10+. The van der Waals surface area contributed by atoms with Crippen LogP contribution in [-0.4, -0.2) is 19.9 Å². The van der Waals surface area contributed by atoms with Gasteiger partial charge in [0.15, 0.2) is 0 Å². The predicted molar refractivity (Wildman–Crippen MR) is 109 cm³/mol. The molecular weight excluding hydrogens is 446 g/mol. The summed E-state index contributed by atoms with van der Waals surface area (Å²) in [6, 6.07) is 14.5. The molecule has 0 spiro atoms. The highest BCUT2D eigenvalue weighted by Crippen LogP contribution is 2.66. The van der Waals surface area contributed by atoms with Crippen LogP contribution in [0.25, 0.3) is 21.8 Å². The SMILES string of the molecule is Cn1c2ccccc2c2cc(/C=N/NC(=O)C3(C)CC3(Br)Br)ccc21. The van der Waals surface area contributed by atoms with Crippen molar-refractivity contribution in [3.05, 3.63) is 48.0 Å². The Morgan fingerprint density at radius 2 is 1.88 bits per heavy atom. The lowest BCUT2D eigenvalue weighted by Gasteiger charge is -2.09. The Morgan fingerprint density at radius 1 is 1.20 bits per heavy atom. The van der Waals surface area contributed by atoms with Crippen molar-refractivity contribution >= 4 is 65.8 Å². The lowest BCUT2D eigenvalue weighted by molar-refractivity contribution is -0.125. The number of rotatable bonds is 3. The molecule has 1 aliphatic rings. The van der Waals surface area contributed by atoms with E-state index in [2.05, 4.69) is 78.3 Å². The normalized spacial score (nSPS) is 21.9. The Morgan fingerprint density at radius 3 is 2.60 bits per heavy atom. The Bertz CT molecular complexity index is 1040. The van der Waals surface area contributed by atoms with Crippen LogP contribution >= 0.6 is 31.9 Å². The molecule has 1 amide bonds. The monoisotopic (exact) mass is 461 g/mol. The average Bonchev–Trinajstić information content (AvgIpc) is 3.00. The molecule has 128 valence electrons. The van der Waals surface area contributed by atoms with Crippen LogP contribution in [0.1, 0.15) is 18.9 Å². The number of hydrogen-bond acceptors (Lipinski definition) is 2. The first-order valence-corrected chi connectivity index (χ1v) is 9.61. The van der Waals surface area contributed by atoms with Gasteiger partial charge in [-0.2, -0.15) is 5.10 Å². The van der Waals surface area contributed by atoms with E-state index in [9.17, 15) is 4.79 Å². The molecule has 2 aromatic carbocycles. The van der Waals surface area contributed by atoms with Gasteiger partial charge in [0.1, 0.15) is 0 Å². The van der Waals surface area contributed by atoms with Crippen molar-refractivity contribution in [3.8, 4) is 0 Å². The number of benzene rings is 2. The van der Waals surface area contributed by atoms with Gasteiger partial charge in [0.05, 0.1) is 14.9 Å². The summed E-state index contributed by atoms with van der Waals surface area (Å²) >= 11 is 7.00. The van der Waals surface area contributed by atoms with E-state index in [1.807, 2.05) is 25.1 Å². The van der Waals surface area contributed by atoms with Crippen LogP contribution in [0.2, 0.25) is 0 Å². The maximum atomic E-state index is 12.2. The molecule has 1 aromatic heterocycles.